The first-order valence-corrected chi connectivity index (χ1v) is 9.19. The molecule has 0 aliphatic carbocycles. The van der Waals surface area contributed by atoms with Crippen molar-refractivity contribution in [2.45, 2.75) is 19.9 Å². The Morgan fingerprint density at radius 2 is 1.74 bits per heavy atom. The van der Waals surface area contributed by atoms with E-state index in [0.717, 1.165) is 12.5 Å². The van der Waals surface area contributed by atoms with Crippen LogP contribution in [0.1, 0.15) is 6.92 Å². The summed E-state index contributed by atoms with van der Waals surface area (Å²) in [4.78, 5) is 1.45. The predicted octanol–water partition coefficient (Wildman–Crippen LogP) is -1.26. The van der Waals surface area contributed by atoms with E-state index in [9.17, 15) is 21.9 Å². The topological polar surface area (TPSA) is 110 Å². The molecular weight excluding hydrogens is 297 g/mol. The SMILES string of the molecule is CB(O)N(CCOS(C)(=O)=O)C[C@@H](C)OS(C)(=O)=O. The van der Waals surface area contributed by atoms with E-state index < -0.39 is 33.4 Å². The first kappa shape index (κ1) is 18.8. The van der Waals surface area contributed by atoms with Gasteiger partial charge >= 0.3 is 7.05 Å². The van der Waals surface area contributed by atoms with Gasteiger partial charge in [0.25, 0.3) is 20.2 Å². The average Bonchev–Trinajstić information content (AvgIpc) is 2.10. The fourth-order valence-electron chi connectivity index (χ4n) is 1.40. The molecule has 0 saturated heterocycles. The van der Waals surface area contributed by atoms with Crippen molar-refractivity contribution in [3.8, 4) is 0 Å². The highest BCUT2D eigenvalue weighted by molar-refractivity contribution is 7.86. The lowest BCUT2D eigenvalue weighted by atomic mass is 9.84. The van der Waals surface area contributed by atoms with E-state index in [-0.39, 0.29) is 19.7 Å². The third-order valence-electron chi connectivity index (χ3n) is 2.04. The van der Waals surface area contributed by atoms with Gasteiger partial charge in [-0.1, -0.05) is 0 Å². The van der Waals surface area contributed by atoms with Crippen LogP contribution in [-0.2, 0) is 28.6 Å². The van der Waals surface area contributed by atoms with Gasteiger partial charge in [0, 0.05) is 13.1 Å². The monoisotopic (exact) mass is 317 g/mol. The summed E-state index contributed by atoms with van der Waals surface area (Å²) >= 11 is 0. The van der Waals surface area contributed by atoms with E-state index >= 15 is 0 Å². The van der Waals surface area contributed by atoms with Gasteiger partial charge in [0.2, 0.25) is 0 Å². The van der Waals surface area contributed by atoms with E-state index in [0.29, 0.717) is 0 Å². The molecule has 0 heterocycles. The van der Waals surface area contributed by atoms with E-state index in [1.54, 1.807) is 0 Å². The molecule has 0 aromatic carbocycles. The molecule has 0 radical (unpaired) electrons. The van der Waals surface area contributed by atoms with Crippen LogP contribution in [0.2, 0.25) is 6.82 Å². The molecule has 0 unspecified atom stereocenters. The highest BCUT2D eigenvalue weighted by atomic mass is 32.2. The fraction of sp³-hybridized carbons (Fsp3) is 1.00. The summed E-state index contributed by atoms with van der Waals surface area (Å²) in [7, 11) is -7.99. The standard InChI is InChI=1S/C8H20BNO7S2/c1-8(17-19(4,14)15)7-10(9(2)11)5-6-16-18(3,12)13/h8,11H,5-7H2,1-4H3/t8-/m1/s1. The fourth-order valence-corrected chi connectivity index (χ4v) is 2.43. The molecule has 8 nitrogen and oxygen atoms in total. The Morgan fingerprint density at radius 1 is 1.21 bits per heavy atom. The van der Waals surface area contributed by atoms with Crippen molar-refractivity contribution in [2.24, 2.45) is 0 Å². The third kappa shape index (κ3) is 11.3. The van der Waals surface area contributed by atoms with Crippen molar-refractivity contribution in [3.05, 3.63) is 0 Å². The summed E-state index contributed by atoms with van der Waals surface area (Å²) in [5, 5.41) is 9.50. The molecule has 0 aromatic rings. The van der Waals surface area contributed by atoms with Crippen LogP contribution >= 0.6 is 0 Å². The Bertz CT molecular complexity index is 461. The first-order chi connectivity index (χ1) is 8.41. The molecule has 11 heteroatoms. The second kappa shape index (κ2) is 7.55. The zero-order chi connectivity index (χ0) is 15.3. The van der Waals surface area contributed by atoms with Crippen molar-refractivity contribution >= 4 is 27.3 Å². The van der Waals surface area contributed by atoms with Crippen LogP contribution < -0.4 is 0 Å². The summed E-state index contributed by atoms with van der Waals surface area (Å²) in [5.41, 5.74) is 0. The predicted molar refractivity (Wildman–Crippen MR) is 71.6 cm³/mol. The third-order valence-corrected chi connectivity index (χ3v) is 3.31. The summed E-state index contributed by atoms with van der Waals surface area (Å²) < 4.78 is 52.7. The largest absolute Gasteiger partial charge is 0.437 e. The zero-order valence-corrected chi connectivity index (χ0v) is 13.1. The van der Waals surface area contributed by atoms with E-state index in [2.05, 4.69) is 4.18 Å². The lowest BCUT2D eigenvalue weighted by molar-refractivity contribution is 0.174. The summed E-state index contributed by atoms with van der Waals surface area (Å²) in [6.45, 7) is 3.14. The van der Waals surface area contributed by atoms with Crippen LogP contribution in [0, 0.1) is 0 Å². The maximum atomic E-state index is 10.9. The molecule has 0 aromatic heterocycles. The van der Waals surface area contributed by atoms with Crippen molar-refractivity contribution in [1.29, 1.82) is 0 Å². The van der Waals surface area contributed by atoms with Gasteiger partial charge in [0.1, 0.15) is 0 Å². The number of hydrogen-bond donors (Lipinski definition) is 1. The molecule has 0 aliphatic rings. The molecule has 19 heavy (non-hydrogen) atoms. The van der Waals surface area contributed by atoms with Crippen LogP contribution in [0.15, 0.2) is 0 Å². The van der Waals surface area contributed by atoms with Gasteiger partial charge in [-0.3, -0.25) is 8.37 Å². The van der Waals surface area contributed by atoms with Gasteiger partial charge in [-0.2, -0.15) is 16.8 Å². The molecular formula is C8H20BNO7S2. The maximum absolute atomic E-state index is 10.9. The van der Waals surface area contributed by atoms with Gasteiger partial charge in [-0.05, 0) is 13.7 Å². The van der Waals surface area contributed by atoms with Gasteiger partial charge in [0.05, 0.1) is 25.2 Å². The smallest absolute Gasteiger partial charge is 0.376 e. The second-order valence-corrected chi connectivity index (χ2v) is 7.51. The van der Waals surface area contributed by atoms with Crippen LogP contribution in [0.3, 0.4) is 0 Å². The average molecular weight is 317 g/mol. The highest BCUT2D eigenvalue weighted by Gasteiger charge is 2.21. The van der Waals surface area contributed by atoms with Crippen LogP contribution in [0.5, 0.6) is 0 Å². The van der Waals surface area contributed by atoms with Gasteiger partial charge < -0.3 is 9.83 Å². The Labute approximate surface area is 115 Å². The minimum Gasteiger partial charge on any atom is -0.437 e. The molecule has 1 N–H and O–H groups in total. The van der Waals surface area contributed by atoms with Crippen molar-refractivity contribution in [1.82, 2.24) is 4.81 Å². The van der Waals surface area contributed by atoms with Crippen molar-refractivity contribution < 1.29 is 30.2 Å². The van der Waals surface area contributed by atoms with E-state index in [4.69, 9.17) is 4.18 Å². The molecule has 1 atom stereocenters. The summed E-state index contributed by atoms with van der Waals surface area (Å²) in [6.07, 6.45) is 1.20. The minimum atomic E-state index is -3.57. The molecule has 0 saturated carbocycles. The molecule has 0 fully saturated rings. The van der Waals surface area contributed by atoms with E-state index in [1.165, 1.54) is 18.6 Å². The second-order valence-electron chi connectivity index (χ2n) is 4.26. The van der Waals surface area contributed by atoms with Gasteiger partial charge in [0.15, 0.2) is 0 Å². The molecule has 0 spiro atoms. The lowest BCUT2D eigenvalue weighted by Gasteiger charge is -2.25. The zero-order valence-electron chi connectivity index (χ0n) is 11.4. The number of rotatable bonds is 9. The van der Waals surface area contributed by atoms with Gasteiger partial charge in [-0.25, -0.2) is 0 Å². The lowest BCUT2D eigenvalue weighted by Crippen LogP contribution is -2.44. The molecule has 0 amide bonds. The molecule has 0 bridgehead atoms. The first-order valence-electron chi connectivity index (χ1n) is 5.55. The molecule has 0 aliphatic heterocycles. The van der Waals surface area contributed by atoms with Crippen LogP contribution in [0.25, 0.3) is 0 Å². The Morgan fingerprint density at radius 3 is 2.11 bits per heavy atom. The van der Waals surface area contributed by atoms with Crippen LogP contribution in [-0.4, -0.2) is 72.0 Å². The van der Waals surface area contributed by atoms with Gasteiger partial charge in [-0.15, -0.1) is 0 Å². The Kier molecular flexibility index (Phi) is 7.47. The summed E-state index contributed by atoms with van der Waals surface area (Å²) in [6, 6.07) is 0. The Balaban J connectivity index is 4.34. The number of hydrogen-bond acceptors (Lipinski definition) is 8. The summed E-state index contributed by atoms with van der Waals surface area (Å²) in [5.74, 6) is 0. The minimum absolute atomic E-state index is 0.123. The normalized spacial score (nSPS) is 14.6. The molecule has 0 rings (SSSR count). The van der Waals surface area contributed by atoms with Crippen molar-refractivity contribution in [2.75, 3.05) is 32.2 Å². The highest BCUT2D eigenvalue weighted by Crippen LogP contribution is 2.03. The van der Waals surface area contributed by atoms with Crippen molar-refractivity contribution in [3.63, 3.8) is 0 Å². The quantitative estimate of drug-likeness (QED) is 0.414. The number of nitrogens with zero attached hydrogens (tertiary/aromatic N) is 1. The Hall–Kier alpha value is -0.195. The maximum Gasteiger partial charge on any atom is 0.376 e. The molecule has 114 valence electrons. The van der Waals surface area contributed by atoms with Crippen LogP contribution in [0.4, 0.5) is 0 Å². The van der Waals surface area contributed by atoms with E-state index in [1.807, 2.05) is 0 Å².